The van der Waals surface area contributed by atoms with Gasteiger partial charge in [0.05, 0.1) is 5.56 Å². The van der Waals surface area contributed by atoms with E-state index in [0.717, 1.165) is 5.56 Å². The van der Waals surface area contributed by atoms with Crippen LogP contribution in [0.3, 0.4) is 0 Å². The van der Waals surface area contributed by atoms with Gasteiger partial charge in [-0.25, -0.2) is 9.59 Å². The van der Waals surface area contributed by atoms with Crippen molar-refractivity contribution in [1.29, 1.82) is 0 Å². The molecule has 2 aromatic carbocycles. The van der Waals surface area contributed by atoms with Gasteiger partial charge in [0, 0.05) is 6.54 Å². The monoisotopic (exact) mass is 328 g/mol. The highest BCUT2D eigenvalue weighted by molar-refractivity contribution is 5.97. The van der Waals surface area contributed by atoms with Crippen LogP contribution in [0.15, 0.2) is 54.6 Å². The third-order valence-electron chi connectivity index (χ3n) is 2.99. The third-order valence-corrected chi connectivity index (χ3v) is 2.99. The molecule has 0 aliphatic rings. The minimum absolute atomic E-state index is 0.0133. The smallest absolute Gasteiger partial charge is 0.338 e. The number of benzene rings is 2. The summed E-state index contributed by atoms with van der Waals surface area (Å²) in [7, 11) is 0. The predicted molar refractivity (Wildman–Crippen MR) is 85.2 cm³/mol. The number of phenolic OH excluding ortho intramolecular Hbond substituents is 1. The zero-order chi connectivity index (χ0) is 17.4. The van der Waals surface area contributed by atoms with E-state index < -0.39 is 24.5 Å². The molecule has 3 amide bonds. The lowest BCUT2D eigenvalue weighted by atomic mass is 10.2. The first-order valence-electron chi connectivity index (χ1n) is 7.12. The summed E-state index contributed by atoms with van der Waals surface area (Å²) in [5, 5.41) is 13.7. The van der Waals surface area contributed by atoms with E-state index in [-0.39, 0.29) is 17.9 Å². The van der Waals surface area contributed by atoms with Crippen molar-refractivity contribution in [3.63, 3.8) is 0 Å². The molecule has 2 aromatic rings. The first-order valence-corrected chi connectivity index (χ1v) is 7.12. The Morgan fingerprint density at radius 3 is 2.29 bits per heavy atom. The van der Waals surface area contributed by atoms with E-state index in [1.54, 1.807) is 0 Å². The summed E-state index contributed by atoms with van der Waals surface area (Å²) in [6.45, 7) is -0.314. The van der Waals surface area contributed by atoms with E-state index in [1.165, 1.54) is 24.3 Å². The second-order valence-electron chi connectivity index (χ2n) is 4.84. The van der Waals surface area contributed by atoms with Crippen molar-refractivity contribution in [2.75, 3.05) is 6.61 Å². The molecule has 0 bridgehead atoms. The standard InChI is InChI=1S/C17H16N2O5/c20-14-8-6-13(7-9-14)16(22)24-11-15(21)19-17(23)18-10-12-4-2-1-3-5-12/h1-9,20H,10-11H2,(H2,18,19,21,23). The first-order chi connectivity index (χ1) is 11.5. The first kappa shape index (κ1) is 17.0. The van der Waals surface area contributed by atoms with Gasteiger partial charge in [-0.1, -0.05) is 30.3 Å². The zero-order valence-corrected chi connectivity index (χ0v) is 12.7. The SMILES string of the molecule is O=C(COC(=O)c1ccc(O)cc1)NC(=O)NCc1ccccc1. The average Bonchev–Trinajstić information content (AvgIpc) is 2.59. The van der Waals surface area contributed by atoms with Gasteiger partial charge in [0.15, 0.2) is 6.61 Å². The molecule has 0 saturated heterocycles. The Labute approximate surface area is 138 Å². The lowest BCUT2D eigenvalue weighted by molar-refractivity contribution is -0.123. The zero-order valence-electron chi connectivity index (χ0n) is 12.7. The van der Waals surface area contributed by atoms with Crippen LogP contribution in [0, 0.1) is 0 Å². The number of ether oxygens (including phenoxy) is 1. The number of esters is 1. The van der Waals surface area contributed by atoms with Gasteiger partial charge >= 0.3 is 12.0 Å². The second kappa shape index (κ2) is 8.33. The highest BCUT2D eigenvalue weighted by Crippen LogP contribution is 2.10. The molecule has 3 N–H and O–H groups in total. The number of rotatable bonds is 5. The molecular weight excluding hydrogens is 312 g/mol. The number of hydrogen-bond acceptors (Lipinski definition) is 5. The molecule has 7 nitrogen and oxygen atoms in total. The summed E-state index contributed by atoms with van der Waals surface area (Å²) in [4.78, 5) is 34.8. The van der Waals surface area contributed by atoms with E-state index >= 15 is 0 Å². The average molecular weight is 328 g/mol. The van der Waals surface area contributed by atoms with Crippen LogP contribution in [0.4, 0.5) is 4.79 Å². The Morgan fingerprint density at radius 2 is 1.62 bits per heavy atom. The van der Waals surface area contributed by atoms with Crippen LogP contribution in [0.2, 0.25) is 0 Å². The third kappa shape index (κ3) is 5.45. The number of urea groups is 1. The summed E-state index contributed by atoms with van der Waals surface area (Å²) >= 11 is 0. The molecule has 0 unspecified atom stereocenters. The number of hydrogen-bond donors (Lipinski definition) is 3. The van der Waals surface area contributed by atoms with Gasteiger partial charge < -0.3 is 15.2 Å². The van der Waals surface area contributed by atoms with Crippen molar-refractivity contribution in [2.45, 2.75) is 6.54 Å². The summed E-state index contributed by atoms with van der Waals surface area (Å²) in [5.41, 5.74) is 1.08. The van der Waals surface area contributed by atoms with Crippen LogP contribution in [-0.2, 0) is 16.1 Å². The van der Waals surface area contributed by atoms with Crippen LogP contribution in [-0.4, -0.2) is 29.6 Å². The normalized spacial score (nSPS) is 9.83. The molecule has 0 aromatic heterocycles. The van der Waals surface area contributed by atoms with Gasteiger partial charge in [-0.05, 0) is 29.8 Å². The molecule has 0 heterocycles. The van der Waals surface area contributed by atoms with Crippen LogP contribution >= 0.6 is 0 Å². The Bertz CT molecular complexity index is 714. The topological polar surface area (TPSA) is 105 Å². The van der Waals surface area contributed by atoms with Crippen molar-refractivity contribution in [1.82, 2.24) is 10.6 Å². The fraction of sp³-hybridized carbons (Fsp3) is 0.118. The van der Waals surface area contributed by atoms with Crippen LogP contribution < -0.4 is 10.6 Å². The second-order valence-corrected chi connectivity index (χ2v) is 4.84. The maximum Gasteiger partial charge on any atom is 0.338 e. The van der Waals surface area contributed by atoms with E-state index in [9.17, 15) is 14.4 Å². The van der Waals surface area contributed by atoms with Crippen molar-refractivity contribution in [3.8, 4) is 5.75 Å². The number of carbonyl (C=O) groups excluding carboxylic acids is 3. The minimum Gasteiger partial charge on any atom is -0.508 e. The van der Waals surface area contributed by atoms with Gasteiger partial charge in [0.25, 0.3) is 5.91 Å². The maximum atomic E-state index is 11.7. The lowest BCUT2D eigenvalue weighted by Gasteiger charge is -2.07. The molecule has 0 fully saturated rings. The van der Waals surface area contributed by atoms with Crippen LogP contribution in [0.1, 0.15) is 15.9 Å². The Morgan fingerprint density at radius 1 is 0.958 bits per heavy atom. The van der Waals surface area contributed by atoms with Gasteiger partial charge in [-0.2, -0.15) is 0 Å². The van der Waals surface area contributed by atoms with E-state index in [4.69, 9.17) is 9.84 Å². The molecule has 7 heteroatoms. The molecule has 124 valence electrons. The summed E-state index contributed by atoms with van der Waals surface area (Å²) < 4.78 is 4.78. The van der Waals surface area contributed by atoms with Crippen LogP contribution in [0.5, 0.6) is 5.75 Å². The summed E-state index contributed by atoms with van der Waals surface area (Å²) in [6, 6.07) is 13.9. The van der Waals surface area contributed by atoms with Crippen LogP contribution in [0.25, 0.3) is 0 Å². The number of carbonyl (C=O) groups is 3. The predicted octanol–water partition coefficient (Wildman–Crippen LogP) is 1.58. The molecule has 24 heavy (non-hydrogen) atoms. The molecule has 0 atom stereocenters. The van der Waals surface area contributed by atoms with Gasteiger partial charge in [-0.3, -0.25) is 10.1 Å². The number of aromatic hydroxyl groups is 1. The van der Waals surface area contributed by atoms with Crippen molar-refractivity contribution in [2.24, 2.45) is 0 Å². The molecule has 0 radical (unpaired) electrons. The maximum absolute atomic E-state index is 11.7. The number of imide groups is 1. The van der Waals surface area contributed by atoms with E-state index in [1.807, 2.05) is 30.3 Å². The molecule has 0 aliphatic carbocycles. The van der Waals surface area contributed by atoms with Gasteiger partial charge in [-0.15, -0.1) is 0 Å². The number of phenols is 1. The molecule has 0 aliphatic heterocycles. The Balaban J connectivity index is 1.71. The quantitative estimate of drug-likeness (QED) is 0.723. The Kier molecular flexibility index (Phi) is 5.90. The lowest BCUT2D eigenvalue weighted by Crippen LogP contribution is -2.41. The molecule has 2 rings (SSSR count). The van der Waals surface area contributed by atoms with Crippen molar-refractivity contribution >= 4 is 17.9 Å². The summed E-state index contributed by atoms with van der Waals surface area (Å²) in [6.07, 6.45) is 0. The Hall–Kier alpha value is -3.35. The van der Waals surface area contributed by atoms with Gasteiger partial charge in [0.2, 0.25) is 0 Å². The fourth-order valence-corrected chi connectivity index (χ4v) is 1.80. The molecule has 0 spiro atoms. The molecular formula is C17H16N2O5. The minimum atomic E-state index is -0.743. The fourth-order valence-electron chi connectivity index (χ4n) is 1.80. The highest BCUT2D eigenvalue weighted by Gasteiger charge is 2.12. The van der Waals surface area contributed by atoms with E-state index in [0.29, 0.717) is 0 Å². The van der Waals surface area contributed by atoms with E-state index in [2.05, 4.69) is 10.6 Å². The number of nitrogens with one attached hydrogen (secondary N) is 2. The number of amides is 3. The molecule has 0 saturated carbocycles. The highest BCUT2D eigenvalue weighted by atomic mass is 16.5. The largest absolute Gasteiger partial charge is 0.508 e. The van der Waals surface area contributed by atoms with Crippen molar-refractivity contribution in [3.05, 3.63) is 65.7 Å². The van der Waals surface area contributed by atoms with Gasteiger partial charge in [0.1, 0.15) is 5.75 Å². The van der Waals surface area contributed by atoms with Crippen molar-refractivity contribution < 1.29 is 24.2 Å². The summed E-state index contributed by atoms with van der Waals surface area (Å²) in [5.74, 6) is -1.46.